The molecule has 0 atom stereocenters. The SMILES string of the molecule is CCC(CC)N(CCO)CC(=O)Nc1cccc(Cl)c1C. The molecule has 1 aromatic rings. The number of halogens is 1. The minimum absolute atomic E-state index is 0.0555. The second kappa shape index (κ2) is 9.03. The molecule has 118 valence electrons. The van der Waals surface area contributed by atoms with Crippen molar-refractivity contribution in [1.82, 2.24) is 4.90 Å². The van der Waals surface area contributed by atoms with E-state index in [1.54, 1.807) is 6.07 Å². The first-order valence-electron chi connectivity index (χ1n) is 7.43. The second-order valence-electron chi connectivity index (χ2n) is 5.12. The molecule has 4 nitrogen and oxygen atoms in total. The van der Waals surface area contributed by atoms with E-state index in [-0.39, 0.29) is 19.1 Å². The van der Waals surface area contributed by atoms with Gasteiger partial charge in [0.05, 0.1) is 13.2 Å². The molecule has 0 aliphatic carbocycles. The number of carbonyl (C=O) groups excluding carboxylic acids is 1. The molecule has 0 unspecified atom stereocenters. The molecule has 1 rings (SSSR count). The van der Waals surface area contributed by atoms with Crippen LogP contribution in [-0.2, 0) is 4.79 Å². The van der Waals surface area contributed by atoms with E-state index in [0.717, 1.165) is 24.1 Å². The Morgan fingerprint density at radius 3 is 2.62 bits per heavy atom. The molecule has 5 heteroatoms. The van der Waals surface area contributed by atoms with E-state index >= 15 is 0 Å². The Labute approximate surface area is 132 Å². The summed E-state index contributed by atoms with van der Waals surface area (Å²) in [6.07, 6.45) is 1.92. The van der Waals surface area contributed by atoms with E-state index in [9.17, 15) is 4.79 Å². The van der Waals surface area contributed by atoms with Gasteiger partial charge in [0.15, 0.2) is 0 Å². The highest BCUT2D eigenvalue weighted by Gasteiger charge is 2.18. The number of hydrogen-bond donors (Lipinski definition) is 2. The summed E-state index contributed by atoms with van der Waals surface area (Å²) in [5.41, 5.74) is 1.60. The molecule has 1 aromatic carbocycles. The topological polar surface area (TPSA) is 52.6 Å². The summed E-state index contributed by atoms with van der Waals surface area (Å²) in [5.74, 6) is -0.0827. The minimum atomic E-state index is -0.0827. The van der Waals surface area contributed by atoms with E-state index in [4.69, 9.17) is 16.7 Å². The van der Waals surface area contributed by atoms with Crippen LogP contribution in [0.1, 0.15) is 32.3 Å². The Kier molecular flexibility index (Phi) is 7.72. The van der Waals surface area contributed by atoms with E-state index in [1.807, 2.05) is 24.0 Å². The fourth-order valence-corrected chi connectivity index (χ4v) is 2.62. The summed E-state index contributed by atoms with van der Waals surface area (Å²) in [6.45, 7) is 6.91. The molecule has 0 aliphatic rings. The summed E-state index contributed by atoms with van der Waals surface area (Å²) in [7, 11) is 0. The van der Waals surface area contributed by atoms with Gasteiger partial charge in [0.1, 0.15) is 0 Å². The minimum Gasteiger partial charge on any atom is -0.395 e. The first kappa shape index (κ1) is 18.0. The normalized spacial score (nSPS) is 11.2. The lowest BCUT2D eigenvalue weighted by Crippen LogP contribution is -2.42. The molecular weight excluding hydrogens is 288 g/mol. The maximum atomic E-state index is 12.2. The quantitative estimate of drug-likeness (QED) is 0.775. The molecule has 0 saturated heterocycles. The van der Waals surface area contributed by atoms with Gasteiger partial charge in [0, 0.05) is 23.3 Å². The van der Waals surface area contributed by atoms with E-state index in [1.165, 1.54) is 0 Å². The van der Waals surface area contributed by atoms with E-state index in [2.05, 4.69) is 19.2 Å². The second-order valence-corrected chi connectivity index (χ2v) is 5.53. The third-order valence-electron chi connectivity index (χ3n) is 3.73. The predicted octanol–water partition coefficient (Wildman–Crippen LogP) is 3.07. The molecule has 0 heterocycles. The lowest BCUT2D eigenvalue weighted by molar-refractivity contribution is -0.118. The van der Waals surface area contributed by atoms with Crippen LogP contribution >= 0.6 is 11.6 Å². The van der Waals surface area contributed by atoms with Gasteiger partial charge < -0.3 is 10.4 Å². The van der Waals surface area contributed by atoms with Gasteiger partial charge in [0.2, 0.25) is 5.91 Å². The zero-order chi connectivity index (χ0) is 15.8. The molecule has 0 fully saturated rings. The average molecular weight is 313 g/mol. The molecule has 0 saturated carbocycles. The summed E-state index contributed by atoms with van der Waals surface area (Å²) >= 11 is 6.05. The van der Waals surface area contributed by atoms with Gasteiger partial charge >= 0.3 is 0 Å². The van der Waals surface area contributed by atoms with Gasteiger partial charge in [-0.25, -0.2) is 0 Å². The van der Waals surface area contributed by atoms with Crippen molar-refractivity contribution in [2.24, 2.45) is 0 Å². The number of rotatable bonds is 8. The Hall–Kier alpha value is -1.10. The van der Waals surface area contributed by atoms with Gasteiger partial charge in [-0.1, -0.05) is 31.5 Å². The summed E-state index contributed by atoms with van der Waals surface area (Å²) in [4.78, 5) is 14.2. The number of benzene rings is 1. The molecule has 2 N–H and O–H groups in total. The number of nitrogens with one attached hydrogen (secondary N) is 1. The van der Waals surface area contributed by atoms with Crippen molar-refractivity contribution in [3.05, 3.63) is 28.8 Å². The number of aliphatic hydroxyl groups is 1. The number of anilines is 1. The predicted molar refractivity (Wildman–Crippen MR) is 87.8 cm³/mol. The first-order chi connectivity index (χ1) is 10.0. The van der Waals surface area contributed by atoms with Gasteiger partial charge in [-0.05, 0) is 37.5 Å². The fourth-order valence-electron chi connectivity index (χ4n) is 2.44. The van der Waals surface area contributed by atoms with Crippen LogP contribution in [-0.4, -0.2) is 41.7 Å². The standard InChI is InChI=1S/C16H25ClN2O2/c1-4-13(5-2)19(9-10-20)11-16(21)18-15-8-6-7-14(17)12(15)3/h6-8,13,20H,4-5,9-11H2,1-3H3,(H,18,21). The van der Waals surface area contributed by atoms with Crippen molar-refractivity contribution in [2.75, 3.05) is 25.0 Å². The zero-order valence-corrected chi connectivity index (χ0v) is 13.8. The number of aliphatic hydroxyl groups excluding tert-OH is 1. The van der Waals surface area contributed by atoms with Crippen LogP contribution < -0.4 is 5.32 Å². The summed E-state index contributed by atoms with van der Waals surface area (Å²) in [6, 6.07) is 5.77. The van der Waals surface area contributed by atoms with Crippen molar-refractivity contribution in [2.45, 2.75) is 39.7 Å². The Morgan fingerprint density at radius 2 is 2.05 bits per heavy atom. The van der Waals surface area contributed by atoms with Crippen LogP contribution in [0.3, 0.4) is 0 Å². The molecule has 0 bridgehead atoms. The van der Waals surface area contributed by atoms with Gasteiger partial charge in [-0.3, -0.25) is 9.69 Å². The number of amides is 1. The molecule has 0 radical (unpaired) electrons. The third kappa shape index (κ3) is 5.30. The van der Waals surface area contributed by atoms with Crippen molar-refractivity contribution in [3.63, 3.8) is 0 Å². The smallest absolute Gasteiger partial charge is 0.238 e. The highest BCUT2D eigenvalue weighted by molar-refractivity contribution is 6.31. The summed E-state index contributed by atoms with van der Waals surface area (Å²) < 4.78 is 0. The lowest BCUT2D eigenvalue weighted by Gasteiger charge is -2.29. The number of hydrogen-bond acceptors (Lipinski definition) is 3. The van der Waals surface area contributed by atoms with Crippen molar-refractivity contribution < 1.29 is 9.90 Å². The van der Waals surface area contributed by atoms with Crippen LogP contribution in [0.25, 0.3) is 0 Å². The average Bonchev–Trinajstić information content (AvgIpc) is 2.45. The molecule has 21 heavy (non-hydrogen) atoms. The molecule has 0 spiro atoms. The highest BCUT2D eigenvalue weighted by atomic mass is 35.5. The first-order valence-corrected chi connectivity index (χ1v) is 7.81. The Morgan fingerprint density at radius 1 is 1.38 bits per heavy atom. The van der Waals surface area contributed by atoms with Crippen molar-refractivity contribution in [1.29, 1.82) is 0 Å². The Bertz CT molecular complexity index is 462. The maximum Gasteiger partial charge on any atom is 0.238 e. The molecule has 1 amide bonds. The monoisotopic (exact) mass is 312 g/mol. The van der Waals surface area contributed by atoms with Crippen LogP contribution in [0.15, 0.2) is 18.2 Å². The van der Waals surface area contributed by atoms with Crippen LogP contribution in [0.2, 0.25) is 5.02 Å². The van der Waals surface area contributed by atoms with Gasteiger partial charge in [-0.15, -0.1) is 0 Å². The molecule has 0 aromatic heterocycles. The fraction of sp³-hybridized carbons (Fsp3) is 0.562. The Balaban J connectivity index is 2.71. The molecule has 0 aliphatic heterocycles. The van der Waals surface area contributed by atoms with Crippen molar-refractivity contribution in [3.8, 4) is 0 Å². The zero-order valence-electron chi connectivity index (χ0n) is 13.0. The third-order valence-corrected chi connectivity index (χ3v) is 4.14. The maximum absolute atomic E-state index is 12.2. The van der Waals surface area contributed by atoms with Gasteiger partial charge in [-0.2, -0.15) is 0 Å². The highest BCUT2D eigenvalue weighted by Crippen LogP contribution is 2.22. The number of carbonyl (C=O) groups is 1. The van der Waals surface area contributed by atoms with Crippen LogP contribution in [0.4, 0.5) is 5.69 Å². The van der Waals surface area contributed by atoms with E-state index in [0.29, 0.717) is 17.6 Å². The number of nitrogens with zero attached hydrogens (tertiary/aromatic N) is 1. The molecular formula is C16H25ClN2O2. The van der Waals surface area contributed by atoms with E-state index < -0.39 is 0 Å². The van der Waals surface area contributed by atoms with Crippen LogP contribution in [0, 0.1) is 6.92 Å². The van der Waals surface area contributed by atoms with Gasteiger partial charge in [0.25, 0.3) is 0 Å². The lowest BCUT2D eigenvalue weighted by atomic mass is 10.1. The summed E-state index contributed by atoms with van der Waals surface area (Å²) in [5, 5.41) is 12.7. The van der Waals surface area contributed by atoms with Crippen LogP contribution in [0.5, 0.6) is 0 Å². The largest absolute Gasteiger partial charge is 0.395 e. The van der Waals surface area contributed by atoms with Crippen molar-refractivity contribution >= 4 is 23.2 Å².